The number of amides is 2. The van der Waals surface area contributed by atoms with E-state index in [2.05, 4.69) is 24.4 Å². The van der Waals surface area contributed by atoms with Gasteiger partial charge < -0.3 is 10.2 Å². The van der Waals surface area contributed by atoms with Crippen molar-refractivity contribution in [2.24, 2.45) is 5.92 Å². The van der Waals surface area contributed by atoms with E-state index in [0.29, 0.717) is 12.5 Å². The Hall–Kier alpha value is -1.84. The first kappa shape index (κ1) is 14.1. The van der Waals surface area contributed by atoms with E-state index in [1.807, 2.05) is 25.1 Å². The molecule has 21 heavy (non-hydrogen) atoms. The molecule has 3 unspecified atom stereocenters. The van der Waals surface area contributed by atoms with Gasteiger partial charge in [-0.3, -0.25) is 9.59 Å². The molecule has 1 saturated heterocycles. The molecule has 1 aromatic carbocycles. The van der Waals surface area contributed by atoms with E-state index in [1.165, 1.54) is 5.56 Å². The summed E-state index contributed by atoms with van der Waals surface area (Å²) in [5.41, 5.74) is 1.20. The van der Waals surface area contributed by atoms with Crippen molar-refractivity contribution < 1.29 is 9.59 Å². The largest absolute Gasteiger partial charge is 0.342 e. The molecule has 2 amide bonds. The van der Waals surface area contributed by atoms with Crippen molar-refractivity contribution in [2.75, 3.05) is 6.54 Å². The van der Waals surface area contributed by atoms with E-state index in [4.69, 9.17) is 0 Å². The Bertz CT molecular complexity index is 539. The lowest BCUT2D eigenvalue weighted by molar-refractivity contribution is -0.149. The number of benzene rings is 1. The van der Waals surface area contributed by atoms with E-state index in [9.17, 15) is 9.59 Å². The maximum absolute atomic E-state index is 12.6. The third-order valence-electron chi connectivity index (χ3n) is 4.63. The van der Waals surface area contributed by atoms with Crippen molar-refractivity contribution in [1.82, 2.24) is 10.2 Å². The van der Waals surface area contributed by atoms with Crippen LogP contribution in [0.25, 0.3) is 0 Å². The normalized spacial score (nSPS) is 27.4. The second-order valence-electron chi connectivity index (χ2n) is 6.30. The smallest absolute Gasteiger partial charge is 0.246 e. The number of carbonyl (C=O) groups excluding carboxylic acids is 2. The second kappa shape index (κ2) is 5.51. The molecule has 1 saturated carbocycles. The van der Waals surface area contributed by atoms with Crippen LogP contribution >= 0.6 is 0 Å². The summed E-state index contributed by atoms with van der Waals surface area (Å²) < 4.78 is 0. The fourth-order valence-corrected chi connectivity index (χ4v) is 3.03. The third kappa shape index (κ3) is 2.80. The Labute approximate surface area is 125 Å². The van der Waals surface area contributed by atoms with Crippen LogP contribution in [-0.2, 0) is 9.59 Å². The molecule has 2 fully saturated rings. The van der Waals surface area contributed by atoms with Gasteiger partial charge in [-0.25, -0.2) is 0 Å². The number of carbonyl (C=O) groups is 2. The third-order valence-corrected chi connectivity index (χ3v) is 4.63. The number of nitrogens with one attached hydrogen (secondary N) is 1. The SMILES string of the molecule is CC(CN1C(=O)C(C2CC2)NC(=O)C1C)c1ccccc1. The molecule has 1 heterocycles. The molecule has 112 valence electrons. The van der Waals surface area contributed by atoms with Crippen LogP contribution in [0, 0.1) is 5.92 Å². The molecule has 1 aliphatic carbocycles. The summed E-state index contributed by atoms with van der Waals surface area (Å²) in [7, 11) is 0. The van der Waals surface area contributed by atoms with Crippen molar-refractivity contribution in [1.29, 1.82) is 0 Å². The molecule has 3 atom stereocenters. The van der Waals surface area contributed by atoms with Gasteiger partial charge in [-0.15, -0.1) is 0 Å². The van der Waals surface area contributed by atoms with E-state index in [0.717, 1.165) is 12.8 Å². The van der Waals surface area contributed by atoms with Crippen LogP contribution in [0.3, 0.4) is 0 Å². The zero-order valence-electron chi connectivity index (χ0n) is 12.6. The highest BCUT2D eigenvalue weighted by Gasteiger charge is 2.45. The van der Waals surface area contributed by atoms with E-state index >= 15 is 0 Å². The molecule has 1 aromatic rings. The highest BCUT2D eigenvalue weighted by atomic mass is 16.2. The Kier molecular flexibility index (Phi) is 3.70. The minimum absolute atomic E-state index is 0.0215. The highest BCUT2D eigenvalue weighted by Crippen LogP contribution is 2.35. The van der Waals surface area contributed by atoms with Gasteiger partial charge in [-0.1, -0.05) is 37.3 Å². The summed E-state index contributed by atoms with van der Waals surface area (Å²) in [6.07, 6.45) is 2.10. The molecule has 2 aliphatic rings. The van der Waals surface area contributed by atoms with Crippen molar-refractivity contribution >= 4 is 11.8 Å². The molecule has 1 N–H and O–H groups in total. The van der Waals surface area contributed by atoms with Gasteiger partial charge in [0.15, 0.2) is 0 Å². The van der Waals surface area contributed by atoms with Gasteiger partial charge >= 0.3 is 0 Å². The fraction of sp³-hybridized carbons (Fsp3) is 0.529. The first-order chi connectivity index (χ1) is 10.1. The number of nitrogens with zero attached hydrogens (tertiary/aromatic N) is 1. The van der Waals surface area contributed by atoms with Gasteiger partial charge in [0.05, 0.1) is 0 Å². The number of hydrogen-bond donors (Lipinski definition) is 1. The lowest BCUT2D eigenvalue weighted by Crippen LogP contribution is -2.63. The zero-order chi connectivity index (χ0) is 15.0. The summed E-state index contributed by atoms with van der Waals surface area (Å²) in [6, 6.07) is 9.47. The van der Waals surface area contributed by atoms with E-state index in [1.54, 1.807) is 4.90 Å². The standard InChI is InChI=1S/C17H22N2O2/c1-11(13-6-4-3-5-7-13)10-19-12(2)16(20)18-15(17(19)21)14-8-9-14/h3-7,11-12,14-15H,8-10H2,1-2H3,(H,18,20). The predicted octanol–water partition coefficient (Wildman–Crippen LogP) is 1.92. The van der Waals surface area contributed by atoms with Crippen molar-refractivity contribution in [2.45, 2.75) is 44.7 Å². The van der Waals surface area contributed by atoms with Crippen molar-refractivity contribution in [3.8, 4) is 0 Å². The molecule has 0 aromatic heterocycles. The maximum Gasteiger partial charge on any atom is 0.246 e. The van der Waals surface area contributed by atoms with Gasteiger partial charge in [0.2, 0.25) is 11.8 Å². The molecule has 0 bridgehead atoms. The Morgan fingerprint density at radius 2 is 1.90 bits per heavy atom. The monoisotopic (exact) mass is 286 g/mol. The second-order valence-corrected chi connectivity index (χ2v) is 6.30. The Morgan fingerprint density at radius 3 is 2.52 bits per heavy atom. The van der Waals surface area contributed by atoms with Gasteiger partial charge in [-0.2, -0.15) is 0 Å². The average Bonchev–Trinajstić information content (AvgIpc) is 3.32. The number of piperazine rings is 1. The molecule has 0 radical (unpaired) electrons. The molecule has 4 heteroatoms. The quantitative estimate of drug-likeness (QED) is 0.919. The number of rotatable bonds is 4. The van der Waals surface area contributed by atoms with Crippen molar-refractivity contribution in [3.05, 3.63) is 35.9 Å². The summed E-state index contributed by atoms with van der Waals surface area (Å²) in [5.74, 6) is 0.644. The Balaban J connectivity index is 1.75. The van der Waals surface area contributed by atoms with E-state index < -0.39 is 0 Å². The van der Waals surface area contributed by atoms with Crippen LogP contribution in [0.5, 0.6) is 0 Å². The summed E-state index contributed by atoms with van der Waals surface area (Å²) in [5, 5.41) is 2.89. The summed E-state index contributed by atoms with van der Waals surface area (Å²) in [4.78, 5) is 26.5. The molecule has 1 aliphatic heterocycles. The molecule has 0 spiro atoms. The van der Waals surface area contributed by atoms with Crippen LogP contribution < -0.4 is 5.32 Å². The van der Waals surface area contributed by atoms with E-state index in [-0.39, 0.29) is 29.8 Å². The maximum atomic E-state index is 12.6. The van der Waals surface area contributed by atoms with Gasteiger partial charge in [-0.05, 0) is 37.2 Å². The average molecular weight is 286 g/mol. The first-order valence-electron chi connectivity index (χ1n) is 7.73. The van der Waals surface area contributed by atoms with Crippen LogP contribution in [0.4, 0.5) is 0 Å². The van der Waals surface area contributed by atoms with Crippen LogP contribution in [-0.4, -0.2) is 35.3 Å². The van der Waals surface area contributed by atoms with Crippen molar-refractivity contribution in [3.63, 3.8) is 0 Å². The summed E-state index contributed by atoms with van der Waals surface area (Å²) in [6.45, 7) is 4.52. The molecule has 3 rings (SSSR count). The summed E-state index contributed by atoms with van der Waals surface area (Å²) >= 11 is 0. The lowest BCUT2D eigenvalue weighted by Gasteiger charge is -2.39. The van der Waals surface area contributed by atoms with Crippen LogP contribution in [0.15, 0.2) is 30.3 Å². The fourth-order valence-electron chi connectivity index (χ4n) is 3.03. The molecular formula is C17H22N2O2. The predicted molar refractivity (Wildman–Crippen MR) is 80.7 cm³/mol. The van der Waals surface area contributed by atoms with Gasteiger partial charge in [0.1, 0.15) is 12.1 Å². The van der Waals surface area contributed by atoms with Gasteiger partial charge in [0, 0.05) is 6.54 Å². The lowest BCUT2D eigenvalue weighted by atomic mass is 9.97. The highest BCUT2D eigenvalue weighted by molar-refractivity contribution is 5.97. The first-order valence-corrected chi connectivity index (χ1v) is 7.73. The van der Waals surface area contributed by atoms with Crippen LogP contribution in [0.1, 0.15) is 38.2 Å². The van der Waals surface area contributed by atoms with Gasteiger partial charge in [0.25, 0.3) is 0 Å². The zero-order valence-corrected chi connectivity index (χ0v) is 12.6. The number of hydrogen-bond acceptors (Lipinski definition) is 2. The molecule has 4 nitrogen and oxygen atoms in total. The minimum Gasteiger partial charge on any atom is -0.342 e. The van der Waals surface area contributed by atoms with Crippen LogP contribution in [0.2, 0.25) is 0 Å². The minimum atomic E-state index is -0.376. The topological polar surface area (TPSA) is 49.4 Å². The molecular weight excluding hydrogens is 264 g/mol. The Morgan fingerprint density at radius 1 is 1.24 bits per heavy atom.